The maximum Gasteiger partial charge on any atom is 0.411 e. The number of fused-ring (bicyclic) bond motifs is 1. The number of aryl methyl sites for hydroxylation is 1. The third kappa shape index (κ3) is 4.71. The van der Waals surface area contributed by atoms with Crippen LogP contribution in [0.1, 0.15) is 45.6 Å². The molecule has 2 fully saturated rings. The minimum atomic E-state index is -0.626. The van der Waals surface area contributed by atoms with Crippen molar-refractivity contribution in [3.05, 3.63) is 47.1 Å². The van der Waals surface area contributed by atoms with Gasteiger partial charge in [-0.05, 0) is 74.5 Å². The number of piperidine rings is 1. The van der Waals surface area contributed by atoms with Crippen LogP contribution in [0.4, 0.5) is 10.6 Å². The zero-order valence-corrected chi connectivity index (χ0v) is 19.0. The largest absolute Gasteiger partial charge is 0.444 e. The molecule has 1 aliphatic heterocycles. The van der Waals surface area contributed by atoms with Crippen LogP contribution in [-0.4, -0.2) is 39.6 Å². The molecular weight excluding hydrogens is 434 g/mol. The van der Waals surface area contributed by atoms with Crippen molar-refractivity contribution in [2.24, 2.45) is 5.41 Å². The summed E-state index contributed by atoms with van der Waals surface area (Å²) >= 11 is 3.33. The molecule has 1 saturated carbocycles. The number of nitrogens with zero attached hydrogens (tertiary/aromatic N) is 2. The summed E-state index contributed by atoms with van der Waals surface area (Å²) in [5.74, 6) is 0.249. The predicted molar refractivity (Wildman–Crippen MR) is 117 cm³/mol. The number of amides is 2. The molecule has 2 amide bonds. The SMILES string of the molecule is C=CC/C=C/[C@@]12C[C@@H](C(=O)Nc3nc(Br)ccc3C)N(C(=O)OC(C)(C)C)[C@@H]1C2. The number of hydrogen-bond acceptors (Lipinski definition) is 4. The number of likely N-dealkylation sites (tertiary alicyclic amines) is 1. The smallest absolute Gasteiger partial charge is 0.411 e. The van der Waals surface area contributed by atoms with Gasteiger partial charge in [-0.2, -0.15) is 0 Å². The van der Waals surface area contributed by atoms with Gasteiger partial charge in [-0.25, -0.2) is 9.78 Å². The maximum atomic E-state index is 13.1. The van der Waals surface area contributed by atoms with Gasteiger partial charge >= 0.3 is 6.09 Å². The van der Waals surface area contributed by atoms with E-state index < -0.39 is 17.7 Å². The van der Waals surface area contributed by atoms with Crippen LogP contribution in [0, 0.1) is 12.3 Å². The van der Waals surface area contributed by atoms with E-state index in [1.54, 1.807) is 4.90 Å². The van der Waals surface area contributed by atoms with E-state index in [9.17, 15) is 9.59 Å². The van der Waals surface area contributed by atoms with E-state index in [0.717, 1.165) is 18.4 Å². The van der Waals surface area contributed by atoms with E-state index in [0.29, 0.717) is 16.8 Å². The van der Waals surface area contributed by atoms with Gasteiger partial charge in [0.15, 0.2) is 0 Å². The molecule has 3 atom stereocenters. The lowest BCUT2D eigenvalue weighted by molar-refractivity contribution is -0.121. The molecule has 0 unspecified atom stereocenters. The van der Waals surface area contributed by atoms with Crippen molar-refractivity contribution in [3.8, 4) is 0 Å². The number of nitrogens with one attached hydrogen (secondary N) is 1. The van der Waals surface area contributed by atoms with Crippen LogP contribution in [0.25, 0.3) is 0 Å². The highest BCUT2D eigenvalue weighted by Crippen LogP contribution is 2.61. The van der Waals surface area contributed by atoms with Crippen molar-refractivity contribution in [2.75, 3.05) is 5.32 Å². The number of anilines is 1. The van der Waals surface area contributed by atoms with Gasteiger partial charge in [0.2, 0.25) is 5.91 Å². The Balaban J connectivity index is 1.83. The van der Waals surface area contributed by atoms with Crippen molar-refractivity contribution in [3.63, 3.8) is 0 Å². The first-order valence-corrected chi connectivity index (χ1v) is 10.6. The Labute approximate surface area is 180 Å². The van der Waals surface area contributed by atoms with Crippen molar-refractivity contribution in [1.29, 1.82) is 0 Å². The summed E-state index contributed by atoms with van der Waals surface area (Å²) in [6.45, 7) is 11.1. The molecule has 1 aromatic rings. The Hall–Kier alpha value is -2.15. The molecule has 2 heterocycles. The molecule has 1 saturated heterocycles. The van der Waals surface area contributed by atoms with Crippen LogP contribution in [0.3, 0.4) is 0 Å². The number of ether oxygens (including phenoxy) is 1. The second-order valence-electron chi connectivity index (χ2n) is 8.78. The van der Waals surface area contributed by atoms with E-state index in [1.165, 1.54) is 0 Å². The van der Waals surface area contributed by atoms with E-state index in [1.807, 2.05) is 45.9 Å². The minimum Gasteiger partial charge on any atom is -0.444 e. The highest BCUT2D eigenvalue weighted by molar-refractivity contribution is 9.10. The summed E-state index contributed by atoms with van der Waals surface area (Å²) in [5, 5.41) is 2.90. The molecule has 0 spiro atoms. The van der Waals surface area contributed by atoms with Crippen LogP contribution in [0.15, 0.2) is 41.5 Å². The number of hydrogen-bond donors (Lipinski definition) is 1. The lowest BCUT2D eigenvalue weighted by Crippen LogP contribution is -2.47. The Morgan fingerprint density at radius 2 is 2.14 bits per heavy atom. The van der Waals surface area contributed by atoms with Gasteiger partial charge in [-0.3, -0.25) is 9.69 Å². The van der Waals surface area contributed by atoms with Gasteiger partial charge in [0.25, 0.3) is 0 Å². The number of carbonyl (C=O) groups excluding carboxylic acids is 2. The summed E-state index contributed by atoms with van der Waals surface area (Å²) < 4.78 is 6.25. The lowest BCUT2D eigenvalue weighted by atomic mass is 9.98. The van der Waals surface area contributed by atoms with Crippen molar-refractivity contribution in [1.82, 2.24) is 9.88 Å². The second kappa shape index (κ2) is 7.94. The van der Waals surface area contributed by atoms with Crippen molar-refractivity contribution >= 4 is 33.7 Å². The van der Waals surface area contributed by atoms with E-state index in [4.69, 9.17) is 4.74 Å². The Morgan fingerprint density at radius 3 is 2.79 bits per heavy atom. The predicted octanol–water partition coefficient (Wildman–Crippen LogP) is 4.99. The molecule has 29 heavy (non-hydrogen) atoms. The zero-order valence-electron chi connectivity index (χ0n) is 17.4. The normalized spacial score (nSPS) is 25.6. The first-order chi connectivity index (χ1) is 13.6. The number of aromatic nitrogens is 1. The second-order valence-corrected chi connectivity index (χ2v) is 9.59. The molecule has 1 aliphatic carbocycles. The summed E-state index contributed by atoms with van der Waals surface area (Å²) in [6.07, 6.45) is 7.75. The third-order valence-corrected chi connectivity index (χ3v) is 5.73. The highest BCUT2D eigenvalue weighted by atomic mass is 79.9. The van der Waals surface area contributed by atoms with Crippen LogP contribution in [0.2, 0.25) is 0 Å². The van der Waals surface area contributed by atoms with Gasteiger partial charge in [0, 0.05) is 11.5 Å². The molecular formula is C22H28BrN3O3. The Bertz CT molecular complexity index is 861. The number of pyridine rings is 1. The van der Waals surface area contributed by atoms with Gasteiger partial charge in [-0.15, -0.1) is 6.58 Å². The first-order valence-electron chi connectivity index (χ1n) is 9.80. The molecule has 2 aliphatic rings. The standard InChI is InChI=1S/C22H28BrN3O3/c1-6-7-8-11-22-12-15(19(27)25-18-14(2)9-10-17(23)24-18)26(16(22)13-22)20(28)29-21(3,4)5/h6,8-11,15-16H,1,7,12-13H2,2-5H3,(H,24,25,27)/b11-8+/t15-,16+,22-/m0/s1. The van der Waals surface area contributed by atoms with Crippen molar-refractivity contribution < 1.29 is 14.3 Å². The monoisotopic (exact) mass is 461 g/mol. The molecule has 0 aromatic carbocycles. The van der Waals surface area contributed by atoms with E-state index in [2.05, 4.69) is 45.0 Å². The molecule has 156 valence electrons. The fourth-order valence-corrected chi connectivity index (χ4v) is 4.15. The molecule has 3 rings (SSSR count). The fraction of sp³-hybridized carbons (Fsp3) is 0.500. The maximum absolute atomic E-state index is 13.1. The number of rotatable bonds is 5. The van der Waals surface area contributed by atoms with E-state index >= 15 is 0 Å². The molecule has 1 aromatic heterocycles. The Kier molecular flexibility index (Phi) is 5.90. The lowest BCUT2D eigenvalue weighted by Gasteiger charge is -2.29. The molecule has 6 nitrogen and oxygen atoms in total. The zero-order chi connectivity index (χ0) is 21.4. The Morgan fingerprint density at radius 1 is 1.41 bits per heavy atom. The third-order valence-electron chi connectivity index (χ3n) is 5.29. The average Bonchev–Trinajstić information content (AvgIpc) is 3.20. The van der Waals surface area contributed by atoms with Crippen LogP contribution >= 0.6 is 15.9 Å². The number of halogens is 1. The molecule has 0 radical (unpaired) electrons. The van der Waals surface area contributed by atoms with Crippen molar-refractivity contribution in [2.45, 2.75) is 64.6 Å². The molecule has 0 bridgehead atoms. The van der Waals surface area contributed by atoms with Crippen LogP contribution < -0.4 is 5.32 Å². The van der Waals surface area contributed by atoms with Gasteiger partial charge < -0.3 is 10.1 Å². The minimum absolute atomic E-state index is 0.0225. The van der Waals surface area contributed by atoms with Crippen LogP contribution in [-0.2, 0) is 9.53 Å². The summed E-state index contributed by atoms with van der Waals surface area (Å²) in [5.41, 5.74) is 0.0650. The fourth-order valence-electron chi connectivity index (χ4n) is 3.84. The number of carbonyl (C=O) groups is 2. The topological polar surface area (TPSA) is 71.5 Å². The summed E-state index contributed by atoms with van der Waals surface area (Å²) in [6, 6.07) is 3.08. The van der Waals surface area contributed by atoms with Gasteiger partial charge in [0.1, 0.15) is 22.1 Å². The number of allylic oxidation sites excluding steroid dienone is 2. The molecule has 1 N–H and O–H groups in total. The van der Waals surface area contributed by atoms with E-state index in [-0.39, 0.29) is 17.4 Å². The summed E-state index contributed by atoms with van der Waals surface area (Å²) in [4.78, 5) is 32.0. The average molecular weight is 462 g/mol. The first kappa shape index (κ1) is 21.6. The quantitative estimate of drug-likeness (QED) is 0.494. The van der Waals surface area contributed by atoms with Gasteiger partial charge in [0.05, 0.1) is 0 Å². The van der Waals surface area contributed by atoms with Gasteiger partial charge in [-0.1, -0.05) is 24.3 Å². The molecule has 7 heteroatoms. The van der Waals surface area contributed by atoms with Crippen LogP contribution in [0.5, 0.6) is 0 Å². The summed E-state index contributed by atoms with van der Waals surface area (Å²) in [7, 11) is 0. The highest BCUT2D eigenvalue weighted by Gasteiger charge is 2.66.